The number of nitrogens with zero attached hydrogens (tertiary/aromatic N) is 5. The van der Waals surface area contributed by atoms with Crippen molar-refractivity contribution in [3.63, 3.8) is 0 Å². The first-order valence-corrected chi connectivity index (χ1v) is 10.2. The van der Waals surface area contributed by atoms with Gasteiger partial charge in [-0.25, -0.2) is 9.36 Å². The lowest BCUT2D eigenvalue weighted by Gasteiger charge is -2.04. The molecule has 0 fully saturated rings. The monoisotopic (exact) mass is 430 g/mol. The van der Waals surface area contributed by atoms with Crippen LogP contribution in [0.15, 0.2) is 73.1 Å². The molecule has 2 aromatic heterocycles. The van der Waals surface area contributed by atoms with Gasteiger partial charge in [0.05, 0.1) is 22.0 Å². The van der Waals surface area contributed by atoms with E-state index >= 15 is 0 Å². The van der Waals surface area contributed by atoms with Crippen LogP contribution in [0.3, 0.4) is 0 Å². The summed E-state index contributed by atoms with van der Waals surface area (Å²) in [6.45, 7) is 2.48. The van der Waals surface area contributed by atoms with Crippen LogP contribution in [-0.4, -0.2) is 36.9 Å². The van der Waals surface area contributed by atoms with Crippen molar-refractivity contribution in [2.75, 3.05) is 6.54 Å². The van der Waals surface area contributed by atoms with Gasteiger partial charge < -0.3 is 5.32 Å². The highest BCUT2D eigenvalue weighted by atomic mass is 16.6. The van der Waals surface area contributed by atoms with Crippen molar-refractivity contribution in [3.05, 3.63) is 100 Å². The summed E-state index contributed by atoms with van der Waals surface area (Å²) in [4.78, 5) is 22.9. The smallest absolute Gasteiger partial charge is 0.271 e. The summed E-state index contributed by atoms with van der Waals surface area (Å²) in [5.41, 5.74) is 3.85. The summed E-state index contributed by atoms with van der Waals surface area (Å²) in [7, 11) is 0. The minimum absolute atomic E-state index is 0.0325. The van der Waals surface area contributed by atoms with E-state index < -0.39 is 4.92 Å². The molecule has 0 spiro atoms. The molecular weight excluding hydrogens is 408 g/mol. The van der Waals surface area contributed by atoms with Gasteiger partial charge in [-0.1, -0.05) is 24.3 Å². The zero-order valence-electron chi connectivity index (χ0n) is 17.5. The van der Waals surface area contributed by atoms with Gasteiger partial charge in [0.15, 0.2) is 5.69 Å². The van der Waals surface area contributed by atoms with E-state index in [-0.39, 0.29) is 17.3 Å². The molecule has 0 aliphatic rings. The Kier molecular flexibility index (Phi) is 6.07. The van der Waals surface area contributed by atoms with Gasteiger partial charge in [0.2, 0.25) is 0 Å². The van der Waals surface area contributed by atoms with Crippen LogP contribution in [0, 0.1) is 17.0 Å². The molecule has 4 rings (SSSR count). The van der Waals surface area contributed by atoms with Crippen LogP contribution in [-0.2, 0) is 6.42 Å². The van der Waals surface area contributed by atoms with Gasteiger partial charge in [-0.2, -0.15) is 10.2 Å². The van der Waals surface area contributed by atoms with Gasteiger partial charge in [0.25, 0.3) is 11.6 Å². The van der Waals surface area contributed by atoms with Gasteiger partial charge in [-0.15, -0.1) is 0 Å². The number of hydrogen-bond donors (Lipinski definition) is 1. The number of carbonyl (C=O) groups excluding carboxylic acids is 1. The first kappa shape index (κ1) is 21.0. The number of para-hydroxylation sites is 1. The molecule has 2 heterocycles. The third-order valence-electron chi connectivity index (χ3n) is 5.06. The summed E-state index contributed by atoms with van der Waals surface area (Å²) in [5.74, 6) is -0.286. The van der Waals surface area contributed by atoms with E-state index in [0.717, 1.165) is 29.8 Å². The predicted octanol–water partition coefficient (Wildman–Crippen LogP) is 3.64. The third kappa shape index (κ3) is 4.72. The molecule has 0 atom stereocenters. The summed E-state index contributed by atoms with van der Waals surface area (Å²) in [6.07, 6.45) is 5.18. The van der Waals surface area contributed by atoms with Crippen LogP contribution < -0.4 is 5.32 Å². The lowest BCUT2D eigenvalue weighted by atomic mass is 10.1. The molecule has 0 radical (unpaired) electrons. The number of amides is 1. The Balaban J connectivity index is 1.31. The Morgan fingerprint density at radius 2 is 1.81 bits per heavy atom. The molecule has 162 valence electrons. The lowest BCUT2D eigenvalue weighted by Crippen LogP contribution is -2.25. The molecular formula is C23H22N6O3. The lowest BCUT2D eigenvalue weighted by molar-refractivity contribution is -0.384. The largest absolute Gasteiger partial charge is 0.351 e. The normalized spacial score (nSPS) is 10.8. The number of nitrogens with one attached hydrogen (secondary N) is 1. The second-order valence-corrected chi connectivity index (χ2v) is 7.30. The molecule has 1 N–H and O–H groups in total. The van der Waals surface area contributed by atoms with E-state index in [1.165, 1.54) is 16.8 Å². The average Bonchev–Trinajstić information content (AvgIpc) is 3.45. The molecule has 0 aliphatic carbocycles. The summed E-state index contributed by atoms with van der Waals surface area (Å²) in [5, 5.41) is 22.6. The van der Waals surface area contributed by atoms with E-state index in [1.807, 2.05) is 48.1 Å². The first-order chi connectivity index (χ1) is 15.5. The zero-order chi connectivity index (χ0) is 22.5. The highest BCUT2D eigenvalue weighted by molar-refractivity contribution is 5.92. The van der Waals surface area contributed by atoms with E-state index in [1.54, 1.807) is 24.4 Å². The number of aryl methyl sites for hydroxylation is 2. The summed E-state index contributed by atoms with van der Waals surface area (Å²) >= 11 is 0. The van der Waals surface area contributed by atoms with Crippen LogP contribution in [0.2, 0.25) is 0 Å². The number of hydrogen-bond acceptors (Lipinski definition) is 5. The molecule has 1 amide bonds. The molecule has 32 heavy (non-hydrogen) atoms. The predicted molar refractivity (Wildman–Crippen MR) is 119 cm³/mol. The van der Waals surface area contributed by atoms with Gasteiger partial charge in [-0.05, 0) is 49.6 Å². The van der Waals surface area contributed by atoms with Crippen LogP contribution in [0.25, 0.3) is 11.4 Å². The molecule has 0 saturated heterocycles. The molecule has 0 bridgehead atoms. The van der Waals surface area contributed by atoms with Crippen LogP contribution in [0.1, 0.15) is 28.2 Å². The van der Waals surface area contributed by atoms with Crippen molar-refractivity contribution in [1.82, 2.24) is 24.9 Å². The Labute approximate surface area is 184 Å². The van der Waals surface area contributed by atoms with Crippen molar-refractivity contribution in [2.45, 2.75) is 19.8 Å². The molecule has 0 saturated carbocycles. The third-order valence-corrected chi connectivity index (χ3v) is 5.06. The maximum absolute atomic E-state index is 12.4. The Morgan fingerprint density at radius 1 is 1.03 bits per heavy atom. The van der Waals surface area contributed by atoms with E-state index in [4.69, 9.17) is 0 Å². The quantitative estimate of drug-likeness (QED) is 0.261. The zero-order valence-corrected chi connectivity index (χ0v) is 17.5. The van der Waals surface area contributed by atoms with E-state index in [9.17, 15) is 14.9 Å². The number of aromatic nitrogens is 4. The maximum atomic E-state index is 12.4. The van der Waals surface area contributed by atoms with Gasteiger partial charge in [-0.3, -0.25) is 14.9 Å². The fourth-order valence-electron chi connectivity index (χ4n) is 3.36. The Morgan fingerprint density at radius 3 is 2.59 bits per heavy atom. The molecule has 4 aromatic rings. The molecule has 9 nitrogen and oxygen atoms in total. The van der Waals surface area contributed by atoms with E-state index in [0.29, 0.717) is 12.2 Å². The number of rotatable bonds is 8. The minimum Gasteiger partial charge on any atom is -0.351 e. The summed E-state index contributed by atoms with van der Waals surface area (Å²) < 4.78 is 3.31. The fraction of sp³-hybridized carbons (Fsp3) is 0.174. The van der Waals surface area contributed by atoms with Crippen molar-refractivity contribution < 1.29 is 9.72 Å². The SMILES string of the molecule is Cc1nn(-c2ccccc2)cc1CCCNC(=O)c1ccn(-c2cccc([N+](=O)[O-])c2)n1. The van der Waals surface area contributed by atoms with Crippen LogP contribution >= 0.6 is 0 Å². The molecule has 0 aliphatic heterocycles. The van der Waals surface area contributed by atoms with Crippen LogP contribution in [0.5, 0.6) is 0 Å². The average molecular weight is 430 g/mol. The highest BCUT2D eigenvalue weighted by Gasteiger charge is 2.12. The van der Waals surface area contributed by atoms with Crippen molar-refractivity contribution in [1.29, 1.82) is 0 Å². The Hall–Kier alpha value is -4.27. The maximum Gasteiger partial charge on any atom is 0.271 e. The first-order valence-electron chi connectivity index (χ1n) is 10.2. The van der Waals surface area contributed by atoms with Crippen molar-refractivity contribution >= 4 is 11.6 Å². The standard InChI is InChI=1S/C23H22N6O3/c1-17-18(16-28(25-17)19-8-3-2-4-9-19)7-6-13-24-23(30)22-12-14-27(26-22)20-10-5-11-21(15-20)29(31)32/h2-5,8-12,14-16H,6-7,13H2,1H3,(H,24,30). The topological polar surface area (TPSA) is 108 Å². The van der Waals surface area contributed by atoms with Crippen molar-refractivity contribution in [2.24, 2.45) is 0 Å². The number of nitro benzene ring substituents is 1. The van der Waals surface area contributed by atoms with Crippen LogP contribution in [0.4, 0.5) is 5.69 Å². The molecule has 9 heteroatoms. The van der Waals surface area contributed by atoms with Gasteiger partial charge in [0, 0.05) is 31.1 Å². The van der Waals surface area contributed by atoms with Gasteiger partial charge in [0.1, 0.15) is 0 Å². The summed E-state index contributed by atoms with van der Waals surface area (Å²) in [6, 6.07) is 17.6. The number of non-ortho nitro benzene ring substituents is 1. The van der Waals surface area contributed by atoms with Gasteiger partial charge >= 0.3 is 0 Å². The fourth-order valence-corrected chi connectivity index (χ4v) is 3.36. The number of nitro groups is 1. The van der Waals surface area contributed by atoms with Crippen molar-refractivity contribution in [3.8, 4) is 11.4 Å². The highest BCUT2D eigenvalue weighted by Crippen LogP contribution is 2.16. The number of benzene rings is 2. The number of carbonyl (C=O) groups is 1. The second-order valence-electron chi connectivity index (χ2n) is 7.30. The second kappa shape index (κ2) is 9.25. The minimum atomic E-state index is -0.466. The molecule has 2 aromatic carbocycles. The molecule has 0 unspecified atom stereocenters. The van der Waals surface area contributed by atoms with E-state index in [2.05, 4.69) is 15.5 Å². The Bertz CT molecular complexity index is 1250.